The molecule has 0 unspecified atom stereocenters. The Morgan fingerprint density at radius 1 is 1.00 bits per heavy atom. The Hall–Kier alpha value is -3.67. The summed E-state index contributed by atoms with van der Waals surface area (Å²) >= 11 is 0. The van der Waals surface area contributed by atoms with E-state index in [-0.39, 0.29) is 18.8 Å². The number of esters is 1. The zero-order valence-electron chi connectivity index (χ0n) is 15.3. The number of hydrogen-bond donors (Lipinski definition) is 0. The van der Waals surface area contributed by atoms with Crippen molar-refractivity contribution in [2.45, 2.75) is 13.5 Å². The summed E-state index contributed by atoms with van der Waals surface area (Å²) in [5.41, 5.74) is 1.50. The second kappa shape index (κ2) is 7.52. The van der Waals surface area contributed by atoms with E-state index in [1.54, 1.807) is 6.07 Å². The molecule has 2 aromatic heterocycles. The Kier molecular flexibility index (Phi) is 4.76. The second-order valence-electron chi connectivity index (χ2n) is 6.40. The fourth-order valence-electron chi connectivity index (χ4n) is 3.03. The van der Waals surface area contributed by atoms with Crippen LogP contribution in [-0.2, 0) is 16.1 Å². The Morgan fingerprint density at radius 3 is 2.68 bits per heavy atom. The molecule has 140 valence electrons. The van der Waals surface area contributed by atoms with E-state index in [1.807, 2.05) is 61.5 Å². The van der Waals surface area contributed by atoms with Gasteiger partial charge < -0.3 is 9.47 Å². The van der Waals surface area contributed by atoms with Gasteiger partial charge in [0.1, 0.15) is 18.0 Å². The number of pyridine rings is 1. The number of hydrogen-bond acceptors (Lipinski definition) is 5. The standard InChI is InChI=1S/C22H18N2O4/c1-15-5-4-8-20-23-18(12-21(25)24(15)20)13-28-22(26)14-27-19-10-9-16-6-2-3-7-17(16)11-19/h2-12H,13-14H2,1H3. The van der Waals surface area contributed by atoms with E-state index in [0.29, 0.717) is 17.1 Å². The Morgan fingerprint density at radius 2 is 1.82 bits per heavy atom. The highest BCUT2D eigenvalue weighted by atomic mass is 16.6. The minimum absolute atomic E-state index is 0.0837. The molecular formula is C22H18N2O4. The van der Waals surface area contributed by atoms with Gasteiger partial charge in [-0.15, -0.1) is 0 Å². The summed E-state index contributed by atoms with van der Waals surface area (Å²) in [5.74, 6) is 0.0626. The molecule has 0 atom stereocenters. The first-order valence-corrected chi connectivity index (χ1v) is 8.86. The highest BCUT2D eigenvalue weighted by molar-refractivity contribution is 5.83. The molecule has 0 fully saturated rings. The first-order valence-electron chi connectivity index (χ1n) is 8.86. The minimum atomic E-state index is -0.528. The van der Waals surface area contributed by atoms with Gasteiger partial charge in [0.15, 0.2) is 6.61 Å². The molecule has 28 heavy (non-hydrogen) atoms. The van der Waals surface area contributed by atoms with Crippen LogP contribution in [0.15, 0.2) is 71.5 Å². The van der Waals surface area contributed by atoms with Crippen molar-refractivity contribution >= 4 is 22.4 Å². The van der Waals surface area contributed by atoms with Gasteiger partial charge in [-0.1, -0.05) is 36.4 Å². The van der Waals surface area contributed by atoms with Gasteiger partial charge >= 0.3 is 5.97 Å². The van der Waals surface area contributed by atoms with Crippen LogP contribution in [0.1, 0.15) is 11.4 Å². The molecule has 6 heteroatoms. The summed E-state index contributed by atoms with van der Waals surface area (Å²) in [6.07, 6.45) is 0. The molecule has 0 saturated heterocycles. The summed E-state index contributed by atoms with van der Waals surface area (Å²) in [6, 6.07) is 20.3. The Balaban J connectivity index is 1.39. The summed E-state index contributed by atoms with van der Waals surface area (Å²) in [6.45, 7) is 1.53. The van der Waals surface area contributed by atoms with Crippen LogP contribution in [0.3, 0.4) is 0 Å². The van der Waals surface area contributed by atoms with E-state index < -0.39 is 5.97 Å². The zero-order chi connectivity index (χ0) is 19.5. The number of rotatable bonds is 5. The van der Waals surface area contributed by atoms with Gasteiger partial charge in [-0.3, -0.25) is 9.20 Å². The van der Waals surface area contributed by atoms with E-state index in [1.165, 1.54) is 10.5 Å². The van der Waals surface area contributed by atoms with Crippen LogP contribution in [0.25, 0.3) is 16.4 Å². The number of aromatic nitrogens is 2. The third kappa shape index (κ3) is 3.71. The van der Waals surface area contributed by atoms with Crippen LogP contribution >= 0.6 is 0 Å². The number of nitrogens with zero attached hydrogens (tertiary/aromatic N) is 2. The average Bonchev–Trinajstić information content (AvgIpc) is 2.70. The van der Waals surface area contributed by atoms with E-state index in [2.05, 4.69) is 4.98 Å². The lowest BCUT2D eigenvalue weighted by Gasteiger charge is -2.09. The molecule has 6 nitrogen and oxygen atoms in total. The molecule has 4 rings (SSSR count). The molecule has 0 N–H and O–H groups in total. The van der Waals surface area contributed by atoms with Gasteiger partial charge in [0.05, 0.1) is 5.69 Å². The van der Waals surface area contributed by atoms with Crippen LogP contribution in [0.5, 0.6) is 5.75 Å². The van der Waals surface area contributed by atoms with Crippen molar-refractivity contribution in [1.82, 2.24) is 9.38 Å². The van der Waals surface area contributed by atoms with Crippen molar-refractivity contribution in [1.29, 1.82) is 0 Å². The van der Waals surface area contributed by atoms with Crippen molar-refractivity contribution in [3.8, 4) is 5.75 Å². The Bertz CT molecular complexity index is 1230. The minimum Gasteiger partial charge on any atom is -0.482 e. The number of aryl methyl sites for hydroxylation is 1. The monoisotopic (exact) mass is 374 g/mol. The van der Waals surface area contributed by atoms with Crippen LogP contribution in [-0.4, -0.2) is 22.0 Å². The van der Waals surface area contributed by atoms with E-state index >= 15 is 0 Å². The molecule has 4 aromatic rings. The lowest BCUT2D eigenvalue weighted by Crippen LogP contribution is -2.19. The maximum Gasteiger partial charge on any atom is 0.344 e. The maximum atomic E-state index is 12.2. The second-order valence-corrected chi connectivity index (χ2v) is 6.40. The predicted octanol–water partition coefficient (Wildman–Crippen LogP) is 3.28. The molecule has 0 spiro atoms. The molecular weight excluding hydrogens is 356 g/mol. The van der Waals surface area contributed by atoms with Crippen molar-refractivity contribution in [2.75, 3.05) is 6.61 Å². The lowest BCUT2D eigenvalue weighted by molar-refractivity contribution is -0.147. The zero-order valence-corrected chi connectivity index (χ0v) is 15.3. The molecule has 0 aliphatic carbocycles. The number of ether oxygens (including phenoxy) is 2. The highest BCUT2D eigenvalue weighted by Crippen LogP contribution is 2.20. The van der Waals surface area contributed by atoms with Crippen molar-refractivity contribution in [3.63, 3.8) is 0 Å². The van der Waals surface area contributed by atoms with Gasteiger partial charge in [0, 0.05) is 11.8 Å². The van der Waals surface area contributed by atoms with Gasteiger partial charge in [0.2, 0.25) is 0 Å². The molecule has 2 aromatic carbocycles. The highest BCUT2D eigenvalue weighted by Gasteiger charge is 2.09. The van der Waals surface area contributed by atoms with Gasteiger partial charge in [-0.25, -0.2) is 9.78 Å². The molecule has 0 aliphatic heterocycles. The Labute approximate surface area is 161 Å². The van der Waals surface area contributed by atoms with Crippen LogP contribution in [0.4, 0.5) is 0 Å². The largest absolute Gasteiger partial charge is 0.482 e. The third-order valence-electron chi connectivity index (χ3n) is 4.39. The molecule has 0 bridgehead atoms. The molecule has 0 saturated carbocycles. The molecule has 2 heterocycles. The molecule has 0 amide bonds. The first-order chi connectivity index (χ1) is 13.6. The maximum absolute atomic E-state index is 12.2. The lowest BCUT2D eigenvalue weighted by atomic mass is 10.1. The number of carbonyl (C=O) groups excluding carboxylic acids is 1. The van der Waals surface area contributed by atoms with Crippen molar-refractivity contribution < 1.29 is 14.3 Å². The number of benzene rings is 2. The topological polar surface area (TPSA) is 69.9 Å². The van der Waals surface area contributed by atoms with Gasteiger partial charge in [0.25, 0.3) is 5.56 Å². The quantitative estimate of drug-likeness (QED) is 0.502. The van der Waals surface area contributed by atoms with Crippen molar-refractivity contribution in [3.05, 3.63) is 88.5 Å². The van der Waals surface area contributed by atoms with E-state index in [0.717, 1.165) is 16.5 Å². The summed E-state index contributed by atoms with van der Waals surface area (Å²) < 4.78 is 12.2. The average molecular weight is 374 g/mol. The summed E-state index contributed by atoms with van der Waals surface area (Å²) in [5, 5.41) is 2.13. The van der Waals surface area contributed by atoms with E-state index in [4.69, 9.17) is 9.47 Å². The van der Waals surface area contributed by atoms with Gasteiger partial charge in [-0.2, -0.15) is 0 Å². The van der Waals surface area contributed by atoms with Crippen LogP contribution < -0.4 is 10.3 Å². The number of fused-ring (bicyclic) bond motifs is 2. The fraction of sp³-hybridized carbons (Fsp3) is 0.136. The van der Waals surface area contributed by atoms with Crippen LogP contribution in [0, 0.1) is 6.92 Å². The van der Waals surface area contributed by atoms with Crippen LogP contribution in [0.2, 0.25) is 0 Å². The molecule has 0 radical (unpaired) electrons. The fourth-order valence-corrected chi connectivity index (χ4v) is 3.03. The van der Waals surface area contributed by atoms with Gasteiger partial charge in [-0.05, 0) is 42.0 Å². The van der Waals surface area contributed by atoms with E-state index in [9.17, 15) is 9.59 Å². The first kappa shape index (κ1) is 17.7. The summed E-state index contributed by atoms with van der Waals surface area (Å²) in [4.78, 5) is 28.6. The SMILES string of the molecule is Cc1cccc2nc(COC(=O)COc3ccc4ccccc4c3)cc(=O)n12. The molecule has 0 aliphatic rings. The normalized spacial score (nSPS) is 10.9. The number of carbonyl (C=O) groups is 1. The van der Waals surface area contributed by atoms with Crippen molar-refractivity contribution in [2.24, 2.45) is 0 Å². The smallest absolute Gasteiger partial charge is 0.344 e. The predicted molar refractivity (Wildman–Crippen MR) is 105 cm³/mol. The third-order valence-corrected chi connectivity index (χ3v) is 4.39. The summed E-state index contributed by atoms with van der Waals surface area (Å²) in [7, 11) is 0.